The van der Waals surface area contributed by atoms with Crippen molar-refractivity contribution in [3.05, 3.63) is 32.1 Å². The molecule has 1 aromatic rings. The van der Waals surface area contributed by atoms with Crippen molar-refractivity contribution in [2.45, 2.75) is 30.3 Å². The van der Waals surface area contributed by atoms with E-state index >= 15 is 0 Å². The topological polar surface area (TPSA) is 105 Å². The molecule has 12 heteroatoms. The van der Waals surface area contributed by atoms with E-state index in [0.717, 1.165) is 0 Å². The Hall–Kier alpha value is -1.43. The number of H-pyrrole nitrogens is 1. The van der Waals surface area contributed by atoms with E-state index in [1.165, 1.54) is 0 Å². The van der Waals surface area contributed by atoms with E-state index in [9.17, 15) is 32.3 Å². The lowest BCUT2D eigenvalue weighted by molar-refractivity contribution is -0.244. The van der Waals surface area contributed by atoms with Crippen LogP contribution in [0.4, 0.5) is 17.6 Å². The zero-order chi connectivity index (χ0) is 16.9. The number of hydrogen-bond donors (Lipinski definition) is 3. The van der Waals surface area contributed by atoms with E-state index in [2.05, 4.69) is 4.74 Å². The Morgan fingerprint density at radius 3 is 2.50 bits per heavy atom. The molecule has 1 aliphatic heterocycles. The number of nitrogens with zero attached hydrogens (tertiary/aromatic N) is 1. The second kappa shape index (κ2) is 5.33. The highest BCUT2D eigenvalue weighted by Crippen LogP contribution is 2.50. The monoisotopic (exact) mass is 348 g/mol. The van der Waals surface area contributed by atoms with E-state index in [-0.39, 0.29) is 4.57 Å². The predicted molar refractivity (Wildman–Crippen MR) is 63.2 cm³/mol. The van der Waals surface area contributed by atoms with E-state index < -0.39 is 53.2 Å². The zero-order valence-electron chi connectivity index (χ0n) is 10.5. The molecule has 7 nitrogen and oxygen atoms in total. The highest BCUT2D eigenvalue weighted by atomic mass is 35.5. The van der Waals surface area contributed by atoms with Crippen LogP contribution in [0, 0.1) is 0 Å². The first-order valence-electron chi connectivity index (χ1n) is 5.72. The normalized spacial score (nSPS) is 30.9. The summed E-state index contributed by atoms with van der Waals surface area (Å²) >= 11 is 5.42. The Morgan fingerprint density at radius 2 is 2.05 bits per heavy atom. The van der Waals surface area contributed by atoms with Gasteiger partial charge in [0.05, 0.1) is 6.61 Å². The van der Waals surface area contributed by atoms with Crippen molar-refractivity contribution in [1.82, 2.24) is 9.55 Å². The smallest absolute Gasteiger partial charge is 0.330 e. The molecule has 0 saturated carbocycles. The number of aromatic amines is 1. The van der Waals surface area contributed by atoms with Crippen LogP contribution in [0.25, 0.3) is 0 Å². The molecule has 1 aliphatic rings. The fraction of sp³-hybridized carbons (Fsp3) is 0.600. The fourth-order valence-electron chi connectivity index (χ4n) is 2.06. The maximum absolute atomic E-state index is 13.9. The predicted octanol–water partition coefficient (Wildman–Crippen LogP) is -0.289. The van der Waals surface area contributed by atoms with Gasteiger partial charge in [0.1, 0.15) is 5.02 Å². The lowest BCUT2D eigenvalue weighted by atomic mass is 9.95. The van der Waals surface area contributed by atoms with Gasteiger partial charge in [-0.05, 0) is 0 Å². The Bertz CT molecular complexity index is 693. The van der Waals surface area contributed by atoms with Crippen LogP contribution in [0.5, 0.6) is 0 Å². The Morgan fingerprint density at radius 1 is 1.45 bits per heavy atom. The summed E-state index contributed by atoms with van der Waals surface area (Å²) < 4.78 is 58.4. The van der Waals surface area contributed by atoms with Gasteiger partial charge in [0, 0.05) is 6.20 Å². The molecule has 22 heavy (non-hydrogen) atoms. The maximum Gasteiger partial charge on any atom is 0.330 e. The number of nitrogens with one attached hydrogen (secondary N) is 1. The van der Waals surface area contributed by atoms with Crippen molar-refractivity contribution < 1.29 is 32.5 Å². The van der Waals surface area contributed by atoms with Crippen LogP contribution >= 0.6 is 11.6 Å². The van der Waals surface area contributed by atoms with Crippen LogP contribution in [0.1, 0.15) is 6.23 Å². The summed E-state index contributed by atoms with van der Waals surface area (Å²) in [7, 11) is 0. The molecular weight excluding hydrogens is 340 g/mol. The minimum Gasteiger partial charge on any atom is -0.393 e. The van der Waals surface area contributed by atoms with Crippen LogP contribution < -0.4 is 11.2 Å². The molecule has 1 fully saturated rings. The van der Waals surface area contributed by atoms with Gasteiger partial charge in [0.2, 0.25) is 5.60 Å². The quantitative estimate of drug-likeness (QED) is 0.651. The molecule has 3 atom stereocenters. The number of aliphatic hydroxyl groups is 2. The van der Waals surface area contributed by atoms with Gasteiger partial charge >= 0.3 is 11.6 Å². The number of rotatable bonds is 3. The molecule has 0 amide bonds. The first-order valence-corrected chi connectivity index (χ1v) is 6.10. The van der Waals surface area contributed by atoms with Crippen molar-refractivity contribution >= 4 is 11.6 Å². The molecule has 0 bridgehead atoms. The van der Waals surface area contributed by atoms with Crippen molar-refractivity contribution in [1.29, 1.82) is 0 Å². The fourth-order valence-corrected chi connectivity index (χ4v) is 2.21. The Balaban J connectivity index is 2.58. The van der Waals surface area contributed by atoms with Crippen molar-refractivity contribution in [2.24, 2.45) is 0 Å². The lowest BCUT2D eigenvalue weighted by Gasteiger charge is -2.31. The maximum atomic E-state index is 13.9. The molecule has 1 saturated heterocycles. The molecule has 0 aliphatic carbocycles. The van der Waals surface area contributed by atoms with Gasteiger partial charge in [-0.3, -0.25) is 14.3 Å². The van der Waals surface area contributed by atoms with Crippen LogP contribution in [0.15, 0.2) is 15.8 Å². The number of aliphatic hydroxyl groups excluding tert-OH is 2. The lowest BCUT2D eigenvalue weighted by Crippen LogP contribution is -2.57. The molecule has 2 rings (SSSR count). The molecule has 0 spiro atoms. The molecule has 0 radical (unpaired) electrons. The van der Waals surface area contributed by atoms with Crippen molar-refractivity contribution in [3.63, 3.8) is 0 Å². The summed E-state index contributed by atoms with van der Waals surface area (Å²) in [6.07, 6.45) is -8.46. The van der Waals surface area contributed by atoms with Gasteiger partial charge in [0.25, 0.3) is 12.0 Å². The van der Waals surface area contributed by atoms with E-state index in [1.54, 1.807) is 4.98 Å². The molecule has 3 N–H and O–H groups in total. The summed E-state index contributed by atoms with van der Waals surface area (Å²) in [4.78, 5) is 24.3. The van der Waals surface area contributed by atoms with Gasteiger partial charge in [-0.25, -0.2) is 13.6 Å². The summed E-state index contributed by atoms with van der Waals surface area (Å²) in [6, 6.07) is 0. The first-order chi connectivity index (χ1) is 10.1. The average molecular weight is 349 g/mol. The van der Waals surface area contributed by atoms with Crippen LogP contribution in [0.3, 0.4) is 0 Å². The molecule has 124 valence electrons. The van der Waals surface area contributed by atoms with Gasteiger partial charge in [-0.15, -0.1) is 0 Å². The first kappa shape index (κ1) is 16.9. The van der Waals surface area contributed by atoms with E-state index in [4.69, 9.17) is 16.7 Å². The van der Waals surface area contributed by atoms with E-state index in [0.29, 0.717) is 6.20 Å². The molecular formula is C10H9ClF4N2O5. The largest absolute Gasteiger partial charge is 0.393 e. The highest BCUT2D eigenvalue weighted by molar-refractivity contribution is 6.30. The van der Waals surface area contributed by atoms with Crippen LogP contribution in [-0.2, 0) is 4.74 Å². The molecule has 1 aromatic heterocycles. The van der Waals surface area contributed by atoms with Gasteiger partial charge in [0.15, 0.2) is 12.3 Å². The van der Waals surface area contributed by atoms with Crippen LogP contribution in [-0.4, -0.2) is 50.4 Å². The summed E-state index contributed by atoms with van der Waals surface area (Å²) in [5, 5.41) is 17.8. The minimum atomic E-state index is -4.57. The summed E-state index contributed by atoms with van der Waals surface area (Å²) in [6.45, 7) is -1.81. The third kappa shape index (κ3) is 2.16. The average Bonchev–Trinajstić information content (AvgIpc) is 2.63. The number of halogens is 5. The molecule has 1 unspecified atom stereocenters. The Labute approximate surface area is 123 Å². The van der Waals surface area contributed by atoms with Gasteiger partial charge < -0.3 is 14.9 Å². The molecule has 2 heterocycles. The number of aromatic nitrogens is 2. The second-order valence-electron chi connectivity index (χ2n) is 4.57. The van der Waals surface area contributed by atoms with E-state index in [1.807, 2.05) is 0 Å². The SMILES string of the molecule is O=c1[nH]c(=O)n([C@H]2O[C@](CO)(C(F)F)C(F)(F)C2O)cc1Cl. The van der Waals surface area contributed by atoms with Crippen molar-refractivity contribution in [3.8, 4) is 0 Å². The zero-order valence-corrected chi connectivity index (χ0v) is 11.2. The minimum absolute atomic E-state index is 0.238. The highest BCUT2D eigenvalue weighted by Gasteiger charge is 2.73. The van der Waals surface area contributed by atoms with Crippen molar-refractivity contribution in [2.75, 3.05) is 6.61 Å². The second-order valence-corrected chi connectivity index (χ2v) is 4.98. The summed E-state index contributed by atoms with van der Waals surface area (Å²) in [5.41, 5.74) is -6.04. The number of alkyl halides is 4. The number of hydrogen-bond acceptors (Lipinski definition) is 5. The van der Waals surface area contributed by atoms with Gasteiger partial charge in [-0.1, -0.05) is 11.6 Å². The molecule has 0 aromatic carbocycles. The van der Waals surface area contributed by atoms with Crippen LogP contribution in [0.2, 0.25) is 5.02 Å². The Kier molecular flexibility index (Phi) is 4.11. The third-order valence-electron chi connectivity index (χ3n) is 3.32. The standard InChI is InChI=1S/C10H9ClF4N2O5/c11-3-1-17(8(21)16-5(3)20)6-4(19)10(14,15)9(2-18,22-6)7(12)13/h1,4,6-7,18-19H,2H2,(H,16,20,21)/t4?,6-,9+/m0/s1. The summed E-state index contributed by atoms with van der Waals surface area (Å²) in [5.74, 6) is -4.57. The number of ether oxygens (including phenoxy) is 1. The third-order valence-corrected chi connectivity index (χ3v) is 3.59. The van der Waals surface area contributed by atoms with Gasteiger partial charge in [-0.2, -0.15) is 8.78 Å².